The van der Waals surface area contributed by atoms with Crippen molar-refractivity contribution in [1.29, 1.82) is 0 Å². The molecular formula is C17H18F3N3O3. The Morgan fingerprint density at radius 1 is 1.27 bits per heavy atom. The number of halogens is 3. The SMILES string of the molecule is CCCCN1Cn2c(nc(CO)c2-c2ccc(OC(F)(F)F)cc2)C1=O. The van der Waals surface area contributed by atoms with Gasteiger partial charge >= 0.3 is 6.36 Å². The number of ether oxygens (including phenoxy) is 1. The predicted molar refractivity (Wildman–Crippen MR) is 86.2 cm³/mol. The Bertz CT molecular complexity index is 800. The fourth-order valence-electron chi connectivity index (χ4n) is 2.95. The summed E-state index contributed by atoms with van der Waals surface area (Å²) in [5.41, 5.74) is 1.38. The quantitative estimate of drug-likeness (QED) is 0.849. The summed E-state index contributed by atoms with van der Waals surface area (Å²) in [4.78, 5) is 18.3. The van der Waals surface area contributed by atoms with Crippen molar-refractivity contribution < 1.29 is 27.8 Å². The van der Waals surface area contributed by atoms with E-state index in [-0.39, 0.29) is 24.1 Å². The fraction of sp³-hybridized carbons (Fsp3) is 0.412. The number of aromatic nitrogens is 2. The van der Waals surface area contributed by atoms with E-state index in [1.165, 1.54) is 24.3 Å². The number of benzene rings is 1. The molecule has 1 aliphatic heterocycles. The van der Waals surface area contributed by atoms with Crippen molar-refractivity contribution in [2.24, 2.45) is 0 Å². The zero-order chi connectivity index (χ0) is 18.9. The molecule has 1 aromatic carbocycles. The van der Waals surface area contributed by atoms with Crippen molar-refractivity contribution in [2.75, 3.05) is 6.54 Å². The number of hydrogen-bond acceptors (Lipinski definition) is 4. The van der Waals surface area contributed by atoms with Gasteiger partial charge < -0.3 is 19.3 Å². The average Bonchev–Trinajstić information content (AvgIpc) is 3.09. The normalized spacial score (nSPS) is 14.0. The van der Waals surface area contributed by atoms with Gasteiger partial charge in [-0.2, -0.15) is 0 Å². The first kappa shape index (κ1) is 18.2. The minimum absolute atomic E-state index is 0.212. The highest BCUT2D eigenvalue weighted by Crippen LogP contribution is 2.32. The number of fused-ring (bicyclic) bond motifs is 1. The summed E-state index contributed by atoms with van der Waals surface area (Å²) < 4.78 is 42.4. The molecule has 1 N–H and O–H groups in total. The summed E-state index contributed by atoms with van der Waals surface area (Å²) in [5, 5.41) is 9.56. The van der Waals surface area contributed by atoms with Crippen LogP contribution in [0, 0.1) is 0 Å². The minimum Gasteiger partial charge on any atom is -0.406 e. The lowest BCUT2D eigenvalue weighted by Crippen LogP contribution is -2.26. The van der Waals surface area contributed by atoms with Crippen LogP contribution >= 0.6 is 0 Å². The molecule has 3 rings (SSSR count). The Balaban J connectivity index is 1.92. The van der Waals surface area contributed by atoms with Crippen molar-refractivity contribution in [3.05, 3.63) is 35.8 Å². The molecule has 0 unspecified atom stereocenters. The molecule has 6 nitrogen and oxygen atoms in total. The van der Waals surface area contributed by atoms with Gasteiger partial charge in [0.05, 0.1) is 24.7 Å². The number of alkyl halides is 3. The lowest BCUT2D eigenvalue weighted by molar-refractivity contribution is -0.274. The molecule has 140 valence electrons. The fourth-order valence-corrected chi connectivity index (χ4v) is 2.95. The number of aliphatic hydroxyl groups excluding tert-OH is 1. The predicted octanol–water partition coefficient (Wildman–Crippen LogP) is 3.15. The van der Waals surface area contributed by atoms with Crippen LogP contribution in [0.2, 0.25) is 0 Å². The maximum atomic E-state index is 12.4. The van der Waals surface area contributed by atoms with Crippen molar-refractivity contribution in [2.45, 2.75) is 39.4 Å². The van der Waals surface area contributed by atoms with Crippen LogP contribution in [0.5, 0.6) is 5.75 Å². The second kappa shape index (κ2) is 6.99. The Kier molecular flexibility index (Phi) is 4.90. The first-order valence-corrected chi connectivity index (χ1v) is 8.19. The summed E-state index contributed by atoms with van der Waals surface area (Å²) >= 11 is 0. The van der Waals surface area contributed by atoms with Gasteiger partial charge in [-0.05, 0) is 30.7 Å². The molecule has 9 heteroatoms. The van der Waals surface area contributed by atoms with E-state index in [0.717, 1.165) is 12.8 Å². The Hall–Kier alpha value is -2.55. The molecule has 0 fully saturated rings. The van der Waals surface area contributed by atoms with Gasteiger partial charge in [0.15, 0.2) is 0 Å². The van der Waals surface area contributed by atoms with Crippen LogP contribution in [0.4, 0.5) is 13.2 Å². The number of rotatable bonds is 6. The number of aliphatic hydroxyl groups is 1. The summed E-state index contributed by atoms with van der Waals surface area (Å²) in [7, 11) is 0. The third-order valence-electron chi connectivity index (χ3n) is 4.12. The van der Waals surface area contributed by atoms with Gasteiger partial charge in [0.25, 0.3) is 5.91 Å². The van der Waals surface area contributed by atoms with Crippen molar-refractivity contribution in [3.8, 4) is 17.0 Å². The van der Waals surface area contributed by atoms with Gasteiger partial charge in [0.1, 0.15) is 5.75 Å². The van der Waals surface area contributed by atoms with E-state index in [0.29, 0.717) is 30.2 Å². The van der Waals surface area contributed by atoms with Crippen LogP contribution < -0.4 is 4.74 Å². The number of hydrogen-bond donors (Lipinski definition) is 1. The minimum atomic E-state index is -4.76. The van der Waals surface area contributed by atoms with Gasteiger partial charge in [0.2, 0.25) is 5.82 Å². The van der Waals surface area contributed by atoms with E-state index >= 15 is 0 Å². The molecule has 0 atom stereocenters. The molecule has 1 aromatic heterocycles. The van der Waals surface area contributed by atoms with Gasteiger partial charge in [-0.1, -0.05) is 13.3 Å². The molecule has 0 radical (unpaired) electrons. The van der Waals surface area contributed by atoms with E-state index in [9.17, 15) is 23.1 Å². The first-order chi connectivity index (χ1) is 12.3. The van der Waals surface area contributed by atoms with Crippen LogP contribution in [0.25, 0.3) is 11.3 Å². The largest absolute Gasteiger partial charge is 0.573 e. The van der Waals surface area contributed by atoms with Crippen LogP contribution in [0.3, 0.4) is 0 Å². The second-order valence-electron chi connectivity index (χ2n) is 5.95. The maximum absolute atomic E-state index is 12.4. The molecule has 1 amide bonds. The molecule has 2 heterocycles. The zero-order valence-electron chi connectivity index (χ0n) is 14.1. The third-order valence-corrected chi connectivity index (χ3v) is 4.12. The Labute approximate surface area is 147 Å². The van der Waals surface area contributed by atoms with E-state index < -0.39 is 6.36 Å². The Morgan fingerprint density at radius 3 is 2.54 bits per heavy atom. The summed E-state index contributed by atoms with van der Waals surface area (Å²) in [5.74, 6) is -0.319. The highest BCUT2D eigenvalue weighted by atomic mass is 19.4. The highest BCUT2D eigenvalue weighted by Gasteiger charge is 2.34. The molecule has 1 aliphatic rings. The topological polar surface area (TPSA) is 67.6 Å². The zero-order valence-corrected chi connectivity index (χ0v) is 14.1. The van der Waals surface area contributed by atoms with Gasteiger partial charge in [-0.3, -0.25) is 4.79 Å². The van der Waals surface area contributed by atoms with Gasteiger partial charge in [0, 0.05) is 12.1 Å². The number of carbonyl (C=O) groups is 1. The Morgan fingerprint density at radius 2 is 1.96 bits per heavy atom. The van der Waals surface area contributed by atoms with E-state index in [1.54, 1.807) is 9.47 Å². The van der Waals surface area contributed by atoms with Crippen LogP contribution in [-0.4, -0.2) is 38.4 Å². The smallest absolute Gasteiger partial charge is 0.406 e. The number of amides is 1. The molecule has 26 heavy (non-hydrogen) atoms. The number of carbonyl (C=O) groups excluding carboxylic acids is 1. The van der Waals surface area contributed by atoms with Crippen molar-refractivity contribution in [1.82, 2.24) is 14.5 Å². The standard InChI is InChI=1S/C17H18F3N3O3/c1-2-3-8-22-10-23-14(13(9-24)21-15(23)16(22)25)11-4-6-12(7-5-11)26-17(18,19)20/h4-7,24H,2-3,8-10H2,1H3. The molecule has 0 saturated carbocycles. The average molecular weight is 369 g/mol. The molecule has 0 saturated heterocycles. The number of unbranched alkanes of at least 4 members (excludes halogenated alkanes) is 1. The van der Waals surface area contributed by atoms with Crippen LogP contribution in [-0.2, 0) is 13.3 Å². The maximum Gasteiger partial charge on any atom is 0.573 e. The molecule has 2 aromatic rings. The van der Waals surface area contributed by atoms with Crippen LogP contribution in [0.1, 0.15) is 36.1 Å². The van der Waals surface area contributed by atoms with Crippen molar-refractivity contribution >= 4 is 5.91 Å². The summed E-state index contributed by atoms with van der Waals surface area (Å²) in [6, 6.07) is 5.28. The lowest BCUT2D eigenvalue weighted by atomic mass is 10.1. The van der Waals surface area contributed by atoms with Crippen molar-refractivity contribution in [3.63, 3.8) is 0 Å². The summed E-state index contributed by atoms with van der Waals surface area (Å²) in [6.07, 6.45) is -2.95. The van der Waals surface area contributed by atoms with Gasteiger partial charge in [-0.25, -0.2) is 4.98 Å². The lowest BCUT2D eigenvalue weighted by Gasteiger charge is -2.16. The number of imidazole rings is 1. The highest BCUT2D eigenvalue weighted by molar-refractivity contribution is 5.94. The molecule has 0 bridgehead atoms. The van der Waals surface area contributed by atoms with E-state index in [4.69, 9.17) is 0 Å². The van der Waals surface area contributed by atoms with Gasteiger partial charge in [-0.15, -0.1) is 13.2 Å². The third kappa shape index (κ3) is 3.52. The van der Waals surface area contributed by atoms with E-state index in [1.807, 2.05) is 6.92 Å². The molecular weight excluding hydrogens is 351 g/mol. The molecule has 0 aliphatic carbocycles. The summed E-state index contributed by atoms with van der Waals surface area (Å²) in [6.45, 7) is 2.56. The number of nitrogens with zero attached hydrogens (tertiary/aromatic N) is 3. The van der Waals surface area contributed by atoms with Crippen LogP contribution in [0.15, 0.2) is 24.3 Å². The second-order valence-corrected chi connectivity index (χ2v) is 5.95. The first-order valence-electron chi connectivity index (χ1n) is 8.19. The molecule has 0 spiro atoms. The van der Waals surface area contributed by atoms with E-state index in [2.05, 4.69) is 9.72 Å². The monoisotopic (exact) mass is 369 g/mol.